The van der Waals surface area contributed by atoms with Gasteiger partial charge in [-0.1, -0.05) is 30.3 Å². The number of methoxy groups -OCH3 is 4. The van der Waals surface area contributed by atoms with Gasteiger partial charge in [0.05, 0.1) is 39.8 Å². The first-order valence-corrected chi connectivity index (χ1v) is 12.3. The van der Waals surface area contributed by atoms with E-state index in [-0.39, 0.29) is 12.3 Å². The van der Waals surface area contributed by atoms with Gasteiger partial charge in [0, 0.05) is 30.6 Å². The zero-order valence-corrected chi connectivity index (χ0v) is 22.6. The lowest BCUT2D eigenvalue weighted by Crippen LogP contribution is -2.30. The Balaban J connectivity index is 1.67. The molecule has 0 saturated carbocycles. The molecule has 204 valence electrons. The van der Waals surface area contributed by atoms with Crippen molar-refractivity contribution in [3.05, 3.63) is 83.7 Å². The number of anilines is 1. The van der Waals surface area contributed by atoms with Crippen LogP contribution in [-0.4, -0.2) is 45.0 Å². The van der Waals surface area contributed by atoms with Gasteiger partial charge in [0.1, 0.15) is 6.07 Å². The summed E-state index contributed by atoms with van der Waals surface area (Å²) in [7, 11) is 6.24. The second kappa shape index (κ2) is 13.0. The lowest BCUT2D eigenvalue weighted by molar-refractivity contribution is -0.114. The molecular formula is C30H29N5O5. The van der Waals surface area contributed by atoms with Crippen molar-refractivity contribution in [3.63, 3.8) is 0 Å². The van der Waals surface area contributed by atoms with Crippen LogP contribution in [0.3, 0.4) is 0 Å². The Kier molecular flexibility index (Phi) is 8.99. The average molecular weight is 540 g/mol. The van der Waals surface area contributed by atoms with Crippen molar-refractivity contribution in [1.29, 1.82) is 5.26 Å². The molecule has 0 spiro atoms. The number of nitrogens with one attached hydrogen (secondary N) is 2. The number of ether oxygens (including phenoxy) is 4. The van der Waals surface area contributed by atoms with E-state index in [1.807, 2.05) is 54.6 Å². The Morgan fingerprint density at radius 2 is 1.55 bits per heavy atom. The standard InChI is InChI=1S/C30H29N5O5/c1-37-26-13-20-10-11-32-24(22(20)15-28(26)39-3)12-21-14-27(38-2)29(40-4)16-23(21)34-35-25(17-31)30(36)33-18-19-8-6-5-7-9-19/h5-11,13-16,34H,12,18H2,1-4H3,(H,33,36). The number of hydrazone groups is 1. The van der Waals surface area contributed by atoms with E-state index in [0.717, 1.165) is 27.6 Å². The maximum Gasteiger partial charge on any atom is 0.282 e. The number of fused-ring (bicyclic) bond motifs is 1. The SMILES string of the molecule is COc1cc(Cc2nccc3cc(OC)c(OC)cc23)c(NN=C(C#N)C(=O)NCc2ccccc2)cc1OC. The summed E-state index contributed by atoms with van der Waals surface area (Å²) in [6.45, 7) is 0.267. The molecule has 0 aliphatic heterocycles. The minimum atomic E-state index is -0.599. The second-order valence-corrected chi connectivity index (χ2v) is 8.58. The molecule has 0 aliphatic rings. The molecule has 0 radical (unpaired) electrons. The highest BCUT2D eigenvalue weighted by Crippen LogP contribution is 2.37. The van der Waals surface area contributed by atoms with Crippen LogP contribution in [0.15, 0.2) is 72.0 Å². The number of nitrogens with zero attached hydrogens (tertiary/aromatic N) is 3. The van der Waals surface area contributed by atoms with E-state index < -0.39 is 5.91 Å². The number of nitriles is 1. The molecule has 10 nitrogen and oxygen atoms in total. The fourth-order valence-corrected chi connectivity index (χ4v) is 4.16. The molecule has 0 saturated heterocycles. The van der Waals surface area contributed by atoms with Crippen LogP contribution in [0, 0.1) is 11.3 Å². The van der Waals surface area contributed by atoms with E-state index in [0.29, 0.717) is 35.1 Å². The van der Waals surface area contributed by atoms with Crippen LogP contribution in [0.25, 0.3) is 10.8 Å². The molecular weight excluding hydrogens is 510 g/mol. The third-order valence-electron chi connectivity index (χ3n) is 6.22. The van der Waals surface area contributed by atoms with Crippen LogP contribution in [0.5, 0.6) is 23.0 Å². The molecule has 3 aromatic carbocycles. The molecule has 40 heavy (non-hydrogen) atoms. The smallest absolute Gasteiger partial charge is 0.282 e. The van der Waals surface area contributed by atoms with Gasteiger partial charge in [-0.3, -0.25) is 15.2 Å². The van der Waals surface area contributed by atoms with Crippen LogP contribution >= 0.6 is 0 Å². The number of carbonyl (C=O) groups excluding carboxylic acids is 1. The van der Waals surface area contributed by atoms with Crippen molar-refractivity contribution in [2.75, 3.05) is 33.9 Å². The maximum atomic E-state index is 12.6. The number of amides is 1. The third kappa shape index (κ3) is 6.22. The molecule has 0 unspecified atom stereocenters. The van der Waals surface area contributed by atoms with Crippen molar-refractivity contribution in [3.8, 4) is 29.1 Å². The molecule has 1 amide bonds. The number of benzene rings is 3. The topological polar surface area (TPSA) is 127 Å². The summed E-state index contributed by atoms with van der Waals surface area (Å²) in [5, 5.41) is 18.2. The lowest BCUT2D eigenvalue weighted by Gasteiger charge is -2.16. The minimum Gasteiger partial charge on any atom is -0.493 e. The largest absolute Gasteiger partial charge is 0.493 e. The summed E-state index contributed by atoms with van der Waals surface area (Å²) in [5.41, 5.74) is 5.48. The molecule has 1 heterocycles. The van der Waals surface area contributed by atoms with Crippen LogP contribution in [0.2, 0.25) is 0 Å². The van der Waals surface area contributed by atoms with Gasteiger partial charge < -0.3 is 24.3 Å². The predicted molar refractivity (Wildman–Crippen MR) is 152 cm³/mol. The Hall–Kier alpha value is -5.30. The van der Waals surface area contributed by atoms with Gasteiger partial charge in [0.2, 0.25) is 5.71 Å². The zero-order valence-electron chi connectivity index (χ0n) is 22.6. The van der Waals surface area contributed by atoms with Crippen LogP contribution in [0.4, 0.5) is 5.69 Å². The molecule has 0 fully saturated rings. The Morgan fingerprint density at radius 3 is 2.23 bits per heavy atom. The molecule has 10 heteroatoms. The highest BCUT2D eigenvalue weighted by atomic mass is 16.5. The van der Waals surface area contributed by atoms with Gasteiger partial charge in [-0.05, 0) is 40.8 Å². The highest BCUT2D eigenvalue weighted by Gasteiger charge is 2.17. The first-order chi connectivity index (χ1) is 19.5. The van der Waals surface area contributed by atoms with Gasteiger partial charge in [0.15, 0.2) is 23.0 Å². The van der Waals surface area contributed by atoms with Crippen LogP contribution in [-0.2, 0) is 17.8 Å². The van der Waals surface area contributed by atoms with Gasteiger partial charge >= 0.3 is 0 Å². The second-order valence-electron chi connectivity index (χ2n) is 8.58. The summed E-state index contributed by atoms with van der Waals surface area (Å²) < 4.78 is 21.9. The third-order valence-corrected chi connectivity index (χ3v) is 6.22. The van der Waals surface area contributed by atoms with Crippen molar-refractivity contribution >= 4 is 28.1 Å². The van der Waals surface area contributed by atoms with Crippen molar-refractivity contribution in [2.24, 2.45) is 5.10 Å². The normalized spacial score (nSPS) is 10.9. The van der Waals surface area contributed by atoms with Gasteiger partial charge in [-0.25, -0.2) is 0 Å². The van der Waals surface area contributed by atoms with E-state index >= 15 is 0 Å². The minimum absolute atomic E-state index is 0.267. The molecule has 0 aliphatic carbocycles. The maximum absolute atomic E-state index is 12.6. The van der Waals surface area contributed by atoms with E-state index in [4.69, 9.17) is 18.9 Å². The molecule has 2 N–H and O–H groups in total. The van der Waals surface area contributed by atoms with E-state index in [1.165, 1.54) is 7.11 Å². The van der Waals surface area contributed by atoms with E-state index in [1.54, 1.807) is 39.7 Å². The fourth-order valence-electron chi connectivity index (χ4n) is 4.16. The summed E-state index contributed by atoms with van der Waals surface area (Å²) in [4.78, 5) is 17.3. The Bertz CT molecular complexity index is 1580. The number of aromatic nitrogens is 1. The average Bonchev–Trinajstić information content (AvgIpc) is 3.00. The van der Waals surface area contributed by atoms with Gasteiger partial charge in [0.25, 0.3) is 5.91 Å². The molecule has 0 atom stereocenters. The summed E-state index contributed by atoms with van der Waals surface area (Å²) >= 11 is 0. The van der Waals surface area contributed by atoms with Gasteiger partial charge in [-0.2, -0.15) is 10.4 Å². The van der Waals surface area contributed by atoms with Gasteiger partial charge in [-0.15, -0.1) is 0 Å². The summed E-state index contributed by atoms with van der Waals surface area (Å²) in [6.07, 6.45) is 2.09. The first kappa shape index (κ1) is 27.7. The molecule has 1 aromatic heterocycles. The Labute approximate surface area is 232 Å². The van der Waals surface area contributed by atoms with E-state index in [2.05, 4.69) is 20.8 Å². The quantitative estimate of drug-likeness (QED) is 0.211. The van der Waals surface area contributed by atoms with Crippen molar-refractivity contribution < 1.29 is 23.7 Å². The fraction of sp³-hybridized carbons (Fsp3) is 0.200. The molecule has 4 aromatic rings. The number of hydrogen-bond donors (Lipinski definition) is 2. The monoisotopic (exact) mass is 539 g/mol. The number of pyridine rings is 1. The van der Waals surface area contributed by atoms with Crippen molar-refractivity contribution in [2.45, 2.75) is 13.0 Å². The Morgan fingerprint density at radius 1 is 0.900 bits per heavy atom. The predicted octanol–water partition coefficient (Wildman–Crippen LogP) is 4.47. The number of rotatable bonds is 11. The van der Waals surface area contributed by atoms with Crippen molar-refractivity contribution in [1.82, 2.24) is 10.3 Å². The zero-order chi connectivity index (χ0) is 28.5. The number of hydrogen-bond acceptors (Lipinski definition) is 9. The lowest BCUT2D eigenvalue weighted by atomic mass is 10.0. The number of carbonyl (C=O) groups is 1. The molecule has 0 bridgehead atoms. The molecule has 4 rings (SSSR count). The van der Waals surface area contributed by atoms with E-state index in [9.17, 15) is 10.1 Å². The van der Waals surface area contributed by atoms with Crippen LogP contribution < -0.4 is 29.7 Å². The highest BCUT2D eigenvalue weighted by molar-refractivity contribution is 6.45. The van der Waals surface area contributed by atoms with Crippen LogP contribution in [0.1, 0.15) is 16.8 Å². The summed E-state index contributed by atoms with van der Waals surface area (Å²) in [6, 6.07) is 20.4. The first-order valence-electron chi connectivity index (χ1n) is 12.3. The summed E-state index contributed by atoms with van der Waals surface area (Å²) in [5.74, 6) is 1.56.